The van der Waals surface area contributed by atoms with E-state index < -0.39 is 0 Å². The zero-order valence-electron chi connectivity index (χ0n) is 40.2. The van der Waals surface area contributed by atoms with Crippen molar-refractivity contribution in [3.8, 4) is 22.3 Å². The molecule has 1 atom stereocenters. The summed E-state index contributed by atoms with van der Waals surface area (Å²) in [6.45, 7) is 4.78. The summed E-state index contributed by atoms with van der Waals surface area (Å²) in [7, 11) is 0. The van der Waals surface area contributed by atoms with Crippen LogP contribution < -0.4 is 9.80 Å². The number of nitrogens with zero attached hydrogens (tertiary/aromatic N) is 2. The maximum Gasteiger partial charge on any atom is 0.0465 e. The molecule has 0 N–H and O–H groups in total. The number of rotatable bonds is 10. The van der Waals surface area contributed by atoms with Crippen LogP contribution in [0.1, 0.15) is 99.5 Å². The first-order chi connectivity index (χ1) is 33.9. The van der Waals surface area contributed by atoms with E-state index >= 15 is 0 Å². The second-order valence-electron chi connectivity index (χ2n) is 21.9. The van der Waals surface area contributed by atoms with Crippen LogP contribution in [0.5, 0.6) is 0 Å². The van der Waals surface area contributed by atoms with Gasteiger partial charge in [-0.2, -0.15) is 0 Å². The highest BCUT2D eigenvalue weighted by molar-refractivity contribution is 5.94. The lowest BCUT2D eigenvalue weighted by Crippen LogP contribution is -2.48. The third-order valence-electron chi connectivity index (χ3n) is 17.5. The molecule has 1 unspecified atom stereocenters. The van der Waals surface area contributed by atoms with Gasteiger partial charge in [-0.05, 0) is 204 Å². The molecule has 69 heavy (non-hydrogen) atoms. The molecule has 8 aromatic carbocycles. The standard InChI is InChI=1S/C67H62N2/c1-65(2)62-23-15-22-60(50-16-7-3-8-17-50)64(62)61-37-36-59(43-63(61)65)69(55-20-11-5-12-21-55)58-34-28-53(29-35-58)67(38-13-6-14-39-67)52-26-32-57(33-27-52)68(54-18-9-4-10-19-54)56-30-24-51(25-31-56)66-44-47-40-48(45-66)42-49(41-47)46-66/h3-5,7-13,15-38,43,47-49H,6,14,39-42,44-46H2,1-2H3. The molecule has 8 aromatic rings. The largest absolute Gasteiger partial charge is 0.311 e. The highest BCUT2D eigenvalue weighted by atomic mass is 15.1. The van der Waals surface area contributed by atoms with E-state index in [4.69, 9.17) is 0 Å². The Labute approximate surface area is 410 Å². The molecule has 0 aromatic heterocycles. The average Bonchev–Trinajstić information content (AvgIpc) is 3.63. The lowest BCUT2D eigenvalue weighted by molar-refractivity contribution is -0.00518. The molecule has 4 bridgehead atoms. The summed E-state index contributed by atoms with van der Waals surface area (Å²) in [5, 5.41) is 0. The Kier molecular flexibility index (Phi) is 10.2. The van der Waals surface area contributed by atoms with Crippen LogP contribution in [-0.2, 0) is 16.2 Å². The van der Waals surface area contributed by atoms with Crippen molar-refractivity contribution < 1.29 is 0 Å². The van der Waals surface area contributed by atoms with Gasteiger partial charge in [0.1, 0.15) is 0 Å². The zero-order valence-corrected chi connectivity index (χ0v) is 40.2. The van der Waals surface area contributed by atoms with Gasteiger partial charge in [0, 0.05) is 45.0 Å². The van der Waals surface area contributed by atoms with E-state index in [-0.39, 0.29) is 10.8 Å². The number of benzene rings is 8. The van der Waals surface area contributed by atoms with Crippen molar-refractivity contribution in [2.75, 3.05) is 9.80 Å². The zero-order chi connectivity index (χ0) is 46.2. The van der Waals surface area contributed by atoms with E-state index in [0.717, 1.165) is 48.4 Å². The minimum atomic E-state index is -0.218. The number of anilines is 6. The third-order valence-corrected chi connectivity index (χ3v) is 17.5. The molecule has 14 rings (SSSR count). The fraction of sp³-hybridized carbons (Fsp3) is 0.254. The number of fused-ring (bicyclic) bond motifs is 3. The highest BCUT2D eigenvalue weighted by Gasteiger charge is 2.51. The smallest absolute Gasteiger partial charge is 0.0465 e. The molecule has 0 amide bonds. The summed E-state index contributed by atoms with van der Waals surface area (Å²) in [4.78, 5) is 4.89. The van der Waals surface area contributed by atoms with Crippen LogP contribution in [0.3, 0.4) is 0 Å². The van der Waals surface area contributed by atoms with Crippen LogP contribution in [0.15, 0.2) is 212 Å². The quantitative estimate of drug-likeness (QED) is 0.126. The van der Waals surface area contributed by atoms with Crippen LogP contribution in [0.25, 0.3) is 22.3 Å². The van der Waals surface area contributed by atoms with Crippen molar-refractivity contribution in [2.24, 2.45) is 17.8 Å². The van der Waals surface area contributed by atoms with Crippen molar-refractivity contribution >= 4 is 34.1 Å². The molecule has 2 nitrogen and oxygen atoms in total. The van der Waals surface area contributed by atoms with E-state index in [1.165, 1.54) is 106 Å². The molecule has 0 spiro atoms. The van der Waals surface area contributed by atoms with E-state index in [0.29, 0.717) is 5.41 Å². The Bertz CT molecular complexity index is 3130. The Hall–Kier alpha value is -6.90. The van der Waals surface area contributed by atoms with Crippen molar-refractivity contribution in [2.45, 2.75) is 87.9 Å². The van der Waals surface area contributed by atoms with Crippen molar-refractivity contribution in [1.82, 2.24) is 0 Å². The topological polar surface area (TPSA) is 6.48 Å². The summed E-state index contributed by atoms with van der Waals surface area (Å²) in [5.41, 5.74) is 19.4. The van der Waals surface area contributed by atoms with Crippen LogP contribution in [0.2, 0.25) is 0 Å². The molecule has 0 aliphatic heterocycles. The van der Waals surface area contributed by atoms with E-state index in [2.05, 4.69) is 236 Å². The monoisotopic (exact) mass is 894 g/mol. The Morgan fingerprint density at radius 3 is 1.42 bits per heavy atom. The van der Waals surface area contributed by atoms with Gasteiger partial charge in [0.25, 0.3) is 0 Å². The number of para-hydroxylation sites is 2. The first kappa shape index (κ1) is 42.2. The lowest BCUT2D eigenvalue weighted by Gasteiger charge is -2.57. The minimum Gasteiger partial charge on any atom is -0.311 e. The molecule has 0 radical (unpaired) electrons. The Morgan fingerprint density at radius 2 is 0.899 bits per heavy atom. The number of allylic oxidation sites excluding steroid dienone is 2. The molecular formula is C67H62N2. The van der Waals surface area contributed by atoms with Gasteiger partial charge in [0.2, 0.25) is 0 Å². The number of hydrogen-bond acceptors (Lipinski definition) is 2. The summed E-state index contributed by atoms with van der Waals surface area (Å²) < 4.78 is 0. The van der Waals surface area contributed by atoms with Gasteiger partial charge >= 0.3 is 0 Å². The molecule has 6 aliphatic carbocycles. The molecule has 0 saturated heterocycles. The van der Waals surface area contributed by atoms with Crippen molar-refractivity contribution in [3.05, 3.63) is 240 Å². The van der Waals surface area contributed by atoms with E-state index in [9.17, 15) is 0 Å². The second-order valence-corrected chi connectivity index (χ2v) is 21.9. The Balaban J connectivity index is 0.832. The maximum atomic E-state index is 2.50. The summed E-state index contributed by atoms with van der Waals surface area (Å²) >= 11 is 0. The van der Waals surface area contributed by atoms with Gasteiger partial charge < -0.3 is 9.80 Å². The first-order valence-electron chi connectivity index (χ1n) is 25.9. The second kappa shape index (κ2) is 16.7. The van der Waals surface area contributed by atoms with Crippen LogP contribution in [-0.4, -0.2) is 0 Å². The van der Waals surface area contributed by atoms with Gasteiger partial charge in [-0.3, -0.25) is 0 Å². The fourth-order valence-corrected chi connectivity index (χ4v) is 14.6. The summed E-state index contributed by atoms with van der Waals surface area (Å²) in [6, 6.07) is 75.5. The van der Waals surface area contributed by atoms with Gasteiger partial charge in [0.05, 0.1) is 0 Å². The fourth-order valence-electron chi connectivity index (χ4n) is 14.6. The molecule has 340 valence electrons. The highest BCUT2D eigenvalue weighted by Crippen LogP contribution is 2.61. The van der Waals surface area contributed by atoms with E-state index in [1.54, 1.807) is 5.56 Å². The minimum absolute atomic E-state index is 0.149. The van der Waals surface area contributed by atoms with Crippen LogP contribution in [0.4, 0.5) is 34.1 Å². The molecule has 0 heterocycles. The number of hydrogen-bond donors (Lipinski definition) is 0. The lowest BCUT2D eigenvalue weighted by atomic mass is 9.48. The molecular weight excluding hydrogens is 833 g/mol. The summed E-state index contributed by atoms with van der Waals surface area (Å²) in [5.74, 6) is 2.82. The maximum absolute atomic E-state index is 2.50. The SMILES string of the molecule is CC1(C)c2cc(N(c3ccccc3)c3ccc(C4(c5ccc(N(c6ccccc6)c6ccc(C78CC9CC(CC(C9)C7)C8)cc6)cc5)C=CCCC4)cc3)ccc2-c2c(-c3ccccc3)cccc21. The molecule has 4 fully saturated rings. The van der Waals surface area contributed by atoms with Crippen molar-refractivity contribution in [3.63, 3.8) is 0 Å². The molecule has 4 saturated carbocycles. The van der Waals surface area contributed by atoms with Crippen LogP contribution in [0, 0.1) is 17.8 Å². The predicted molar refractivity (Wildman–Crippen MR) is 289 cm³/mol. The third kappa shape index (κ3) is 7.12. The average molecular weight is 895 g/mol. The van der Waals surface area contributed by atoms with E-state index in [1.807, 2.05) is 0 Å². The van der Waals surface area contributed by atoms with Gasteiger partial charge in [-0.15, -0.1) is 0 Å². The predicted octanol–water partition coefficient (Wildman–Crippen LogP) is 18.1. The van der Waals surface area contributed by atoms with Gasteiger partial charge in [-0.25, -0.2) is 0 Å². The normalized spacial score (nSPS) is 23.6. The molecule has 2 heteroatoms. The first-order valence-corrected chi connectivity index (χ1v) is 25.9. The summed E-state index contributed by atoms with van der Waals surface area (Å²) in [6.07, 6.45) is 16.9. The van der Waals surface area contributed by atoms with Gasteiger partial charge in [0.15, 0.2) is 0 Å². The van der Waals surface area contributed by atoms with Gasteiger partial charge in [-0.1, -0.05) is 153 Å². The molecule has 6 aliphatic rings. The Morgan fingerprint density at radius 1 is 0.420 bits per heavy atom. The van der Waals surface area contributed by atoms with Crippen LogP contribution >= 0.6 is 0 Å². The van der Waals surface area contributed by atoms with Crippen molar-refractivity contribution in [1.29, 1.82) is 0 Å².